The SMILES string of the molecule is COC(=O)C1=C(C2CCN(S(=O)(=O)CC(C)(C)C(=O)O)CC2)NC(c2nccs2)=NC1c1ccc(F)cc1Cl. The second kappa shape index (κ2) is 11.3. The minimum Gasteiger partial charge on any atom is -0.481 e. The number of ether oxygens (including phenoxy) is 1. The maximum atomic E-state index is 13.9. The van der Waals surface area contributed by atoms with Crippen molar-refractivity contribution in [1.29, 1.82) is 0 Å². The third kappa shape index (κ3) is 6.16. The molecule has 39 heavy (non-hydrogen) atoms. The Balaban J connectivity index is 1.70. The third-order valence-corrected chi connectivity index (χ3v) is 10.1. The first-order valence-electron chi connectivity index (χ1n) is 12.1. The van der Waals surface area contributed by atoms with Gasteiger partial charge < -0.3 is 15.2 Å². The summed E-state index contributed by atoms with van der Waals surface area (Å²) in [5.41, 5.74) is -0.334. The number of aromatic nitrogens is 1. The maximum Gasteiger partial charge on any atom is 0.338 e. The Kier molecular flexibility index (Phi) is 8.45. The molecule has 0 amide bonds. The molecule has 14 heteroatoms. The van der Waals surface area contributed by atoms with Gasteiger partial charge in [-0.05, 0) is 38.8 Å². The zero-order chi connectivity index (χ0) is 28.5. The number of carbonyl (C=O) groups excluding carboxylic acids is 1. The molecule has 1 fully saturated rings. The number of thiazole rings is 1. The van der Waals surface area contributed by atoms with Crippen LogP contribution in [0.15, 0.2) is 46.0 Å². The lowest BCUT2D eigenvalue weighted by Gasteiger charge is -2.36. The molecule has 2 aliphatic heterocycles. The predicted molar refractivity (Wildman–Crippen MR) is 144 cm³/mol. The average molecular weight is 599 g/mol. The number of halogens is 2. The molecule has 1 saturated heterocycles. The zero-order valence-corrected chi connectivity index (χ0v) is 23.9. The van der Waals surface area contributed by atoms with Gasteiger partial charge in [0.05, 0.1) is 23.9 Å². The number of carboxylic acid groups (broad SMARTS) is 1. The summed E-state index contributed by atoms with van der Waals surface area (Å²) in [5, 5.41) is 15.1. The number of nitrogens with zero attached hydrogens (tertiary/aromatic N) is 3. The van der Waals surface area contributed by atoms with Gasteiger partial charge in [-0.2, -0.15) is 0 Å². The number of hydrogen-bond acceptors (Lipinski definition) is 9. The van der Waals surface area contributed by atoms with Gasteiger partial charge in [-0.15, -0.1) is 11.3 Å². The molecule has 1 aromatic carbocycles. The van der Waals surface area contributed by atoms with E-state index in [1.807, 2.05) is 0 Å². The lowest BCUT2D eigenvalue weighted by atomic mass is 9.86. The number of benzene rings is 1. The number of methoxy groups -OCH3 is 1. The zero-order valence-electron chi connectivity index (χ0n) is 21.5. The molecule has 10 nitrogen and oxygen atoms in total. The van der Waals surface area contributed by atoms with E-state index in [2.05, 4.69) is 10.3 Å². The number of piperidine rings is 1. The lowest BCUT2D eigenvalue weighted by Crippen LogP contribution is -2.46. The van der Waals surface area contributed by atoms with Crippen molar-refractivity contribution in [2.24, 2.45) is 16.3 Å². The van der Waals surface area contributed by atoms with Gasteiger partial charge in [-0.3, -0.25) is 9.79 Å². The molecular weight excluding hydrogens is 571 g/mol. The van der Waals surface area contributed by atoms with Crippen molar-refractivity contribution < 1.29 is 32.2 Å². The van der Waals surface area contributed by atoms with E-state index in [1.165, 1.54) is 48.7 Å². The number of hydrogen-bond donors (Lipinski definition) is 2. The van der Waals surface area contributed by atoms with E-state index in [4.69, 9.17) is 21.3 Å². The Labute approximate surface area is 234 Å². The van der Waals surface area contributed by atoms with E-state index < -0.39 is 45.0 Å². The number of aliphatic carboxylic acids is 1. The van der Waals surface area contributed by atoms with Gasteiger partial charge >= 0.3 is 11.9 Å². The summed E-state index contributed by atoms with van der Waals surface area (Å²) in [5.74, 6) is -2.80. The van der Waals surface area contributed by atoms with Gasteiger partial charge in [0.15, 0.2) is 10.8 Å². The summed E-state index contributed by atoms with van der Waals surface area (Å²) >= 11 is 7.73. The summed E-state index contributed by atoms with van der Waals surface area (Å²) in [6.07, 6.45) is 2.32. The van der Waals surface area contributed by atoms with Gasteiger partial charge in [-0.1, -0.05) is 17.7 Å². The number of allylic oxidation sites excluding steroid dienone is 1. The van der Waals surface area contributed by atoms with E-state index in [-0.39, 0.29) is 29.6 Å². The number of aliphatic imine (C=N–C) groups is 1. The van der Waals surface area contributed by atoms with E-state index in [9.17, 15) is 27.5 Å². The standard InChI is InChI=1S/C25H28ClFN4O6S2/c1-25(2,24(33)34)13-39(35,36)31-9-6-14(7-10-31)19-18(23(32)37-3)20(16-5-4-15(27)12-17(16)26)30-21(29-19)22-28-8-11-38-22/h4-5,8,11-12,14,20H,6-7,9-10,13H2,1-3H3,(H,29,30)(H,33,34). The van der Waals surface area contributed by atoms with Crippen molar-refractivity contribution in [3.63, 3.8) is 0 Å². The number of esters is 1. The molecule has 3 heterocycles. The highest BCUT2D eigenvalue weighted by Gasteiger charge is 2.41. The number of amidine groups is 1. The molecule has 210 valence electrons. The van der Waals surface area contributed by atoms with Crippen LogP contribution < -0.4 is 5.32 Å². The Bertz CT molecular complexity index is 1430. The smallest absolute Gasteiger partial charge is 0.338 e. The molecule has 2 aliphatic rings. The first kappa shape index (κ1) is 29.1. The Morgan fingerprint density at radius 3 is 2.56 bits per heavy atom. The first-order chi connectivity index (χ1) is 18.3. The summed E-state index contributed by atoms with van der Waals surface area (Å²) in [7, 11) is -2.60. The topological polar surface area (TPSA) is 138 Å². The minimum atomic E-state index is -3.85. The maximum absolute atomic E-state index is 13.9. The van der Waals surface area contributed by atoms with E-state index in [1.54, 1.807) is 11.6 Å². The van der Waals surface area contributed by atoms with Crippen LogP contribution in [0.3, 0.4) is 0 Å². The fourth-order valence-corrected chi connectivity index (χ4v) is 7.49. The molecule has 2 aromatic rings. The molecule has 0 saturated carbocycles. The molecule has 0 radical (unpaired) electrons. The van der Waals surface area contributed by atoms with Gasteiger partial charge in [0, 0.05) is 46.9 Å². The van der Waals surface area contributed by atoms with Crippen LogP contribution in [0, 0.1) is 17.2 Å². The fourth-order valence-electron chi connectivity index (χ4n) is 4.65. The lowest BCUT2D eigenvalue weighted by molar-refractivity contribution is -0.145. The fraction of sp³-hybridized carbons (Fsp3) is 0.440. The van der Waals surface area contributed by atoms with Crippen LogP contribution in [0.25, 0.3) is 0 Å². The van der Waals surface area contributed by atoms with Crippen molar-refractivity contribution in [2.45, 2.75) is 32.7 Å². The van der Waals surface area contributed by atoms with Crippen LogP contribution in [0.5, 0.6) is 0 Å². The van der Waals surface area contributed by atoms with Crippen LogP contribution >= 0.6 is 22.9 Å². The molecular formula is C25H28ClFN4O6S2. The van der Waals surface area contributed by atoms with Crippen molar-refractivity contribution in [1.82, 2.24) is 14.6 Å². The number of rotatable bonds is 8. The van der Waals surface area contributed by atoms with Crippen molar-refractivity contribution >= 4 is 50.7 Å². The summed E-state index contributed by atoms with van der Waals surface area (Å²) in [6, 6.07) is 2.93. The Morgan fingerprint density at radius 1 is 1.31 bits per heavy atom. The van der Waals surface area contributed by atoms with Crippen molar-refractivity contribution in [3.8, 4) is 0 Å². The van der Waals surface area contributed by atoms with Gasteiger partial charge in [-0.25, -0.2) is 26.9 Å². The van der Waals surface area contributed by atoms with Gasteiger partial charge in [0.2, 0.25) is 10.0 Å². The van der Waals surface area contributed by atoms with Crippen LogP contribution in [0.1, 0.15) is 43.3 Å². The predicted octanol–water partition coefficient (Wildman–Crippen LogP) is 3.61. The summed E-state index contributed by atoms with van der Waals surface area (Å²) < 4.78 is 46.3. The van der Waals surface area contributed by atoms with Gasteiger partial charge in [0.1, 0.15) is 11.9 Å². The highest BCUT2D eigenvalue weighted by atomic mass is 35.5. The Morgan fingerprint density at radius 2 is 2.00 bits per heavy atom. The highest BCUT2D eigenvalue weighted by molar-refractivity contribution is 7.89. The van der Waals surface area contributed by atoms with E-state index in [0.29, 0.717) is 34.9 Å². The second-order valence-corrected chi connectivity index (χ2v) is 13.2. The molecule has 2 N–H and O–H groups in total. The number of nitrogens with one attached hydrogen (secondary N) is 1. The monoisotopic (exact) mass is 598 g/mol. The highest BCUT2D eigenvalue weighted by Crippen LogP contribution is 2.40. The number of carboxylic acids is 1. The quantitative estimate of drug-likeness (QED) is 0.440. The molecule has 0 aliphatic carbocycles. The largest absolute Gasteiger partial charge is 0.481 e. The van der Waals surface area contributed by atoms with E-state index >= 15 is 0 Å². The average Bonchev–Trinajstić information content (AvgIpc) is 3.42. The second-order valence-electron chi connectivity index (χ2n) is 9.95. The molecule has 1 aromatic heterocycles. The van der Waals surface area contributed by atoms with Crippen LogP contribution in [-0.4, -0.2) is 66.5 Å². The molecule has 0 spiro atoms. The van der Waals surface area contributed by atoms with E-state index in [0.717, 1.165) is 6.07 Å². The van der Waals surface area contributed by atoms with Crippen LogP contribution in [-0.2, 0) is 24.3 Å². The summed E-state index contributed by atoms with van der Waals surface area (Å²) in [4.78, 5) is 33.7. The number of carbonyl (C=O) groups is 2. The summed E-state index contributed by atoms with van der Waals surface area (Å²) in [6.45, 7) is 3.01. The Hall–Kier alpha value is -2.87. The molecule has 1 unspecified atom stereocenters. The van der Waals surface area contributed by atoms with Gasteiger partial charge in [0.25, 0.3) is 0 Å². The molecule has 0 bridgehead atoms. The van der Waals surface area contributed by atoms with Crippen LogP contribution in [0.2, 0.25) is 5.02 Å². The first-order valence-corrected chi connectivity index (χ1v) is 14.9. The molecule has 4 rings (SSSR count). The molecule has 1 atom stereocenters. The van der Waals surface area contributed by atoms with Crippen LogP contribution in [0.4, 0.5) is 4.39 Å². The normalized spacial score (nSPS) is 19.4. The minimum absolute atomic E-state index is 0.0897. The third-order valence-electron chi connectivity index (χ3n) is 6.75. The van der Waals surface area contributed by atoms with Crippen molar-refractivity contribution in [2.75, 3.05) is 26.0 Å². The number of sulfonamides is 1. The van der Waals surface area contributed by atoms with Crippen molar-refractivity contribution in [3.05, 3.63) is 62.5 Å².